The van der Waals surface area contributed by atoms with Crippen LogP contribution in [-0.4, -0.2) is 6.21 Å². The fraction of sp³-hybridized carbons (Fsp3) is 0. The number of allylic oxidation sites excluding steroid dienone is 1. The molecule has 0 radical (unpaired) electrons. The third kappa shape index (κ3) is 5.50. The van der Waals surface area contributed by atoms with Crippen molar-refractivity contribution in [3.8, 4) is 0 Å². The van der Waals surface area contributed by atoms with Gasteiger partial charge in [-0.15, -0.1) is 0 Å². The minimum Gasteiger partial charge on any atom is -0.220 e. The third-order valence-corrected chi connectivity index (χ3v) is 0.694. The lowest BCUT2D eigenvalue weighted by molar-refractivity contribution is 1.99. The molecule has 0 amide bonds. The predicted octanol–water partition coefficient (Wildman–Crippen LogP) is 2.03. The van der Waals surface area contributed by atoms with Gasteiger partial charge in [0, 0.05) is 18.2 Å². The molecule has 0 aliphatic rings. The Morgan fingerprint density at radius 3 is 2.57 bits per heavy atom. The molecule has 7 heavy (non-hydrogen) atoms. The maximum absolute atomic E-state index is 3.76. The van der Waals surface area contributed by atoms with Crippen molar-refractivity contribution in [2.75, 3.05) is 0 Å². The highest BCUT2D eigenvalue weighted by Crippen LogP contribution is 1.98. The van der Waals surface area contributed by atoms with Crippen LogP contribution in [0.3, 0.4) is 0 Å². The van der Waals surface area contributed by atoms with Gasteiger partial charge in [-0.05, 0) is 5.41 Å². The summed E-state index contributed by atoms with van der Waals surface area (Å²) in [7, 11) is 0. The molecule has 0 aliphatic carbocycles. The van der Waals surface area contributed by atoms with Crippen LogP contribution in [0, 0.1) is 0 Å². The molecule has 0 atom stereocenters. The number of hydrogen-bond acceptors (Lipinski definition) is 2. The molecule has 0 spiro atoms. The summed E-state index contributed by atoms with van der Waals surface area (Å²) >= 11 is 1.29. The molecule has 0 N–H and O–H groups in total. The Balaban J connectivity index is 3.08. The molecule has 0 aromatic heterocycles. The fourth-order valence-corrected chi connectivity index (χ4v) is 0.364. The van der Waals surface area contributed by atoms with Gasteiger partial charge in [-0.2, -0.15) is 0 Å². The zero-order chi connectivity index (χ0) is 5.54. The maximum atomic E-state index is 3.76. The average molecular weight is 113 g/mol. The van der Waals surface area contributed by atoms with Crippen LogP contribution in [0.1, 0.15) is 0 Å². The number of rotatable bonds is 3. The molecule has 0 aliphatic heterocycles. The molecule has 0 fully saturated rings. The molecule has 0 unspecified atom stereocenters. The van der Waals surface area contributed by atoms with Crippen molar-refractivity contribution in [2.45, 2.75) is 0 Å². The molecule has 0 bridgehead atoms. The molecule has 0 aromatic rings. The summed E-state index contributed by atoms with van der Waals surface area (Å²) in [5.74, 6) is 0. The Hall–Kier alpha value is -0.500. The monoisotopic (exact) mass is 113 g/mol. The predicted molar refractivity (Wildman–Crippen MR) is 36.5 cm³/mol. The van der Waals surface area contributed by atoms with Crippen LogP contribution in [0.15, 0.2) is 29.0 Å². The lowest BCUT2D eigenvalue weighted by Gasteiger charge is -1.71. The zero-order valence-corrected chi connectivity index (χ0v) is 4.82. The van der Waals surface area contributed by atoms with Crippen LogP contribution < -0.4 is 0 Å². The van der Waals surface area contributed by atoms with Gasteiger partial charge in [0.05, 0.1) is 0 Å². The van der Waals surface area contributed by atoms with E-state index in [0.29, 0.717) is 0 Å². The van der Waals surface area contributed by atoms with Gasteiger partial charge in [-0.3, -0.25) is 0 Å². The molecule has 0 saturated heterocycles. The van der Waals surface area contributed by atoms with Gasteiger partial charge in [0.25, 0.3) is 0 Å². The van der Waals surface area contributed by atoms with E-state index in [1.165, 1.54) is 11.9 Å². The van der Waals surface area contributed by atoms with E-state index < -0.39 is 0 Å². The summed E-state index contributed by atoms with van der Waals surface area (Å²) in [6, 6.07) is 0. The van der Waals surface area contributed by atoms with Crippen LogP contribution in [0.25, 0.3) is 0 Å². The summed E-state index contributed by atoms with van der Waals surface area (Å²) in [4.78, 5) is 0. The summed E-state index contributed by atoms with van der Waals surface area (Å²) < 4.78 is 3.76. The van der Waals surface area contributed by atoms with E-state index in [9.17, 15) is 0 Å². The molecule has 0 aromatic carbocycles. The van der Waals surface area contributed by atoms with E-state index >= 15 is 0 Å². The van der Waals surface area contributed by atoms with Crippen LogP contribution in [-0.2, 0) is 0 Å². The van der Waals surface area contributed by atoms with Crippen molar-refractivity contribution in [1.29, 1.82) is 0 Å². The normalized spacial score (nSPS) is 9.14. The van der Waals surface area contributed by atoms with Gasteiger partial charge in [0.15, 0.2) is 0 Å². The highest BCUT2D eigenvalue weighted by molar-refractivity contribution is 8.00. The summed E-state index contributed by atoms with van der Waals surface area (Å²) in [5, 5.41) is 1.65. The van der Waals surface area contributed by atoms with Gasteiger partial charge in [0.1, 0.15) is 0 Å². The first-order valence-corrected chi connectivity index (χ1v) is 2.66. The SMILES string of the molecule is C=C/C=N\SC=C. The van der Waals surface area contributed by atoms with E-state index in [2.05, 4.69) is 17.6 Å². The first kappa shape index (κ1) is 6.50. The van der Waals surface area contributed by atoms with Crippen molar-refractivity contribution < 1.29 is 0 Å². The second-order valence-corrected chi connectivity index (χ2v) is 1.52. The summed E-state index contributed by atoms with van der Waals surface area (Å²) in [5.41, 5.74) is 0. The smallest absolute Gasteiger partial charge is 0.0349 e. The second-order valence-electron chi connectivity index (χ2n) is 0.762. The van der Waals surface area contributed by atoms with Gasteiger partial charge < -0.3 is 0 Å². The number of nitrogens with zero attached hydrogens (tertiary/aromatic N) is 1. The van der Waals surface area contributed by atoms with E-state index in [1.54, 1.807) is 17.7 Å². The molecular weight excluding hydrogens is 106 g/mol. The van der Waals surface area contributed by atoms with Gasteiger partial charge in [-0.1, -0.05) is 19.2 Å². The number of hydrogen-bond donors (Lipinski definition) is 0. The van der Waals surface area contributed by atoms with Crippen molar-refractivity contribution >= 4 is 18.2 Å². The summed E-state index contributed by atoms with van der Waals surface area (Å²) in [6.45, 7) is 6.88. The Kier molecular flexibility index (Phi) is 5.11. The lowest BCUT2D eigenvalue weighted by atomic mass is 10.7. The molecular formula is C5H7NS. The van der Waals surface area contributed by atoms with Gasteiger partial charge in [-0.25, -0.2) is 4.40 Å². The standard InChI is InChI=1S/C5H7NS/c1-3-5-6-7-4-2/h3-5H,1-2H2/b6-5-. The topological polar surface area (TPSA) is 12.4 Å². The highest BCUT2D eigenvalue weighted by Gasteiger charge is 1.60. The van der Waals surface area contributed by atoms with Crippen LogP contribution in [0.4, 0.5) is 0 Å². The van der Waals surface area contributed by atoms with E-state index in [4.69, 9.17) is 0 Å². The van der Waals surface area contributed by atoms with Crippen LogP contribution in [0.5, 0.6) is 0 Å². The van der Waals surface area contributed by atoms with E-state index in [0.717, 1.165) is 0 Å². The largest absolute Gasteiger partial charge is 0.220 e. The van der Waals surface area contributed by atoms with Gasteiger partial charge in [0.2, 0.25) is 0 Å². The zero-order valence-electron chi connectivity index (χ0n) is 4.00. The van der Waals surface area contributed by atoms with Gasteiger partial charge >= 0.3 is 0 Å². The minimum atomic E-state index is 1.29. The molecule has 2 heteroatoms. The third-order valence-electron chi connectivity index (χ3n) is 0.302. The fourth-order valence-electron chi connectivity index (χ4n) is 0.121. The first-order valence-electron chi connectivity index (χ1n) is 1.83. The Morgan fingerprint density at radius 2 is 2.14 bits per heavy atom. The minimum absolute atomic E-state index is 1.29. The lowest BCUT2D eigenvalue weighted by Crippen LogP contribution is -1.51. The average Bonchev–Trinajstić information content (AvgIpc) is 1.69. The Morgan fingerprint density at radius 1 is 1.43 bits per heavy atom. The Labute approximate surface area is 48.0 Å². The molecule has 38 valence electrons. The highest BCUT2D eigenvalue weighted by atomic mass is 32.2. The molecule has 0 heterocycles. The van der Waals surface area contributed by atoms with E-state index in [-0.39, 0.29) is 0 Å². The van der Waals surface area contributed by atoms with Crippen LogP contribution in [0.2, 0.25) is 0 Å². The summed E-state index contributed by atoms with van der Waals surface area (Å²) in [6.07, 6.45) is 3.24. The second kappa shape index (κ2) is 5.50. The molecule has 0 rings (SSSR count). The van der Waals surface area contributed by atoms with Crippen molar-refractivity contribution in [3.05, 3.63) is 24.6 Å². The van der Waals surface area contributed by atoms with Crippen molar-refractivity contribution in [1.82, 2.24) is 0 Å². The van der Waals surface area contributed by atoms with Crippen LogP contribution >= 0.6 is 11.9 Å². The van der Waals surface area contributed by atoms with Crippen molar-refractivity contribution in [3.63, 3.8) is 0 Å². The maximum Gasteiger partial charge on any atom is 0.0349 e. The Bertz CT molecular complexity index is 86.1. The quantitative estimate of drug-likeness (QED) is 0.403. The molecule has 1 nitrogen and oxygen atoms in total. The van der Waals surface area contributed by atoms with Crippen molar-refractivity contribution in [2.24, 2.45) is 4.40 Å². The first-order chi connectivity index (χ1) is 3.41. The molecule has 0 saturated carbocycles. The van der Waals surface area contributed by atoms with E-state index in [1.807, 2.05) is 0 Å².